The van der Waals surface area contributed by atoms with Crippen LogP contribution < -0.4 is 10.1 Å². The van der Waals surface area contributed by atoms with Crippen LogP contribution in [0.2, 0.25) is 0 Å². The van der Waals surface area contributed by atoms with Crippen LogP contribution in [0, 0.1) is 6.92 Å². The van der Waals surface area contributed by atoms with E-state index in [0.29, 0.717) is 27.7 Å². The zero-order valence-electron chi connectivity index (χ0n) is 15.4. The lowest BCUT2D eigenvalue weighted by Gasteiger charge is -2.12. The molecule has 1 aliphatic carbocycles. The zero-order chi connectivity index (χ0) is 19.0. The number of amides is 1. The number of aromatic hydroxyl groups is 1. The lowest BCUT2D eigenvalue weighted by molar-refractivity contribution is 0.0954. The molecule has 8 heteroatoms. The average molecular weight is 386 g/mol. The molecule has 0 aromatic carbocycles. The lowest BCUT2D eigenvalue weighted by atomic mass is 10.2. The van der Waals surface area contributed by atoms with Gasteiger partial charge in [-0.15, -0.1) is 11.3 Å². The third kappa shape index (κ3) is 3.37. The minimum atomic E-state index is -0.185. The second kappa shape index (κ2) is 7.19. The van der Waals surface area contributed by atoms with Gasteiger partial charge in [0.05, 0.1) is 29.2 Å². The van der Waals surface area contributed by atoms with Crippen molar-refractivity contribution in [1.29, 1.82) is 0 Å². The normalized spacial score (nSPS) is 14.7. The average Bonchev–Trinajstić information content (AvgIpc) is 3.40. The monoisotopic (exact) mass is 386 g/mol. The molecule has 0 radical (unpaired) electrons. The van der Waals surface area contributed by atoms with Crippen LogP contribution in [0.15, 0.2) is 18.5 Å². The number of carbonyl (C=O) groups excluding carboxylic acids is 1. The number of pyridine rings is 1. The Morgan fingerprint density at radius 1 is 1.44 bits per heavy atom. The number of hydrogen-bond acceptors (Lipinski definition) is 6. The van der Waals surface area contributed by atoms with Crippen LogP contribution in [0.5, 0.6) is 11.8 Å². The molecule has 1 fully saturated rings. The minimum Gasteiger partial charge on any atom is -0.494 e. The van der Waals surface area contributed by atoms with Gasteiger partial charge in [-0.2, -0.15) is 0 Å². The number of hydrogen-bond donors (Lipinski definition) is 2. The Morgan fingerprint density at radius 2 is 2.22 bits per heavy atom. The molecule has 0 unspecified atom stereocenters. The summed E-state index contributed by atoms with van der Waals surface area (Å²) in [7, 11) is 1.56. The molecule has 1 amide bonds. The second-order valence-electron chi connectivity index (χ2n) is 6.81. The molecule has 0 saturated heterocycles. The highest BCUT2D eigenvalue weighted by Gasteiger charge is 2.22. The van der Waals surface area contributed by atoms with Crippen LogP contribution in [0.4, 0.5) is 0 Å². The number of rotatable bonds is 5. The first-order valence-corrected chi connectivity index (χ1v) is 9.86. The van der Waals surface area contributed by atoms with Crippen molar-refractivity contribution < 1.29 is 14.6 Å². The third-order valence-corrected chi connectivity index (χ3v) is 5.95. The van der Waals surface area contributed by atoms with Gasteiger partial charge < -0.3 is 19.7 Å². The molecule has 3 heterocycles. The van der Waals surface area contributed by atoms with Gasteiger partial charge in [0.2, 0.25) is 11.8 Å². The van der Waals surface area contributed by atoms with E-state index in [-0.39, 0.29) is 18.3 Å². The van der Waals surface area contributed by atoms with Crippen LogP contribution in [0.1, 0.15) is 52.0 Å². The van der Waals surface area contributed by atoms with E-state index < -0.39 is 0 Å². The fraction of sp³-hybridized carbons (Fsp3) is 0.421. The summed E-state index contributed by atoms with van der Waals surface area (Å²) in [6, 6.07) is 2.17. The van der Waals surface area contributed by atoms with Crippen molar-refractivity contribution in [3.63, 3.8) is 0 Å². The Labute approximate surface area is 161 Å². The predicted molar refractivity (Wildman–Crippen MR) is 103 cm³/mol. The van der Waals surface area contributed by atoms with Crippen molar-refractivity contribution in [3.05, 3.63) is 33.9 Å². The van der Waals surface area contributed by atoms with Gasteiger partial charge in [-0.3, -0.25) is 4.79 Å². The number of carbonyl (C=O) groups is 1. The number of nitrogens with one attached hydrogen (secondary N) is 1. The van der Waals surface area contributed by atoms with Gasteiger partial charge in [-0.25, -0.2) is 9.97 Å². The molecule has 142 valence electrons. The van der Waals surface area contributed by atoms with Crippen LogP contribution in [0.25, 0.3) is 10.9 Å². The Morgan fingerprint density at radius 3 is 2.89 bits per heavy atom. The van der Waals surface area contributed by atoms with Crippen molar-refractivity contribution in [2.45, 2.75) is 45.2 Å². The highest BCUT2D eigenvalue weighted by Crippen LogP contribution is 2.38. The molecule has 1 aliphatic rings. The topological polar surface area (TPSA) is 89.3 Å². The fourth-order valence-electron chi connectivity index (χ4n) is 3.65. The van der Waals surface area contributed by atoms with Crippen molar-refractivity contribution in [1.82, 2.24) is 19.9 Å². The summed E-state index contributed by atoms with van der Waals surface area (Å²) in [6.45, 7) is 2.12. The van der Waals surface area contributed by atoms with E-state index in [4.69, 9.17) is 4.74 Å². The first-order valence-electron chi connectivity index (χ1n) is 9.05. The van der Waals surface area contributed by atoms with Crippen LogP contribution in [-0.2, 0) is 6.54 Å². The van der Waals surface area contributed by atoms with Crippen molar-refractivity contribution >= 4 is 28.1 Å². The highest BCUT2D eigenvalue weighted by atomic mass is 32.1. The smallest absolute Gasteiger partial charge is 0.263 e. The number of aromatic nitrogens is 3. The SMILES string of the molecule is COc1nc2cn(C3CCCC3)c(O)c2cc1CNC(=O)c1cnc(C)s1. The van der Waals surface area contributed by atoms with E-state index in [2.05, 4.69) is 15.3 Å². The number of thiazole rings is 1. The quantitative estimate of drug-likeness (QED) is 0.700. The van der Waals surface area contributed by atoms with Crippen LogP contribution >= 0.6 is 11.3 Å². The van der Waals surface area contributed by atoms with Gasteiger partial charge in [0.25, 0.3) is 5.91 Å². The minimum absolute atomic E-state index is 0.185. The summed E-state index contributed by atoms with van der Waals surface area (Å²) in [6.07, 6.45) is 7.98. The molecule has 4 rings (SSSR count). The number of fused-ring (bicyclic) bond motifs is 1. The lowest BCUT2D eigenvalue weighted by Crippen LogP contribution is -2.22. The maximum atomic E-state index is 12.3. The Bertz CT molecular complexity index is 988. The standard InChI is InChI=1S/C19H22N4O3S/c1-11-20-9-16(27-11)17(24)21-8-12-7-14-15(22-18(12)26-2)10-23(19(14)25)13-5-3-4-6-13/h7,9-10,13,25H,3-6,8H2,1-2H3,(H,21,24). The number of aryl methyl sites for hydroxylation is 1. The molecular weight excluding hydrogens is 364 g/mol. The molecule has 3 aromatic heterocycles. The molecule has 0 bridgehead atoms. The second-order valence-corrected chi connectivity index (χ2v) is 8.05. The third-order valence-electron chi connectivity index (χ3n) is 5.03. The van der Waals surface area contributed by atoms with E-state index in [1.807, 2.05) is 23.8 Å². The molecule has 7 nitrogen and oxygen atoms in total. The summed E-state index contributed by atoms with van der Waals surface area (Å²) in [5.74, 6) is 0.500. The van der Waals surface area contributed by atoms with E-state index in [1.54, 1.807) is 13.3 Å². The Kier molecular flexibility index (Phi) is 4.73. The van der Waals surface area contributed by atoms with Gasteiger partial charge in [0.15, 0.2) is 0 Å². The Balaban J connectivity index is 1.61. The number of nitrogens with zero attached hydrogens (tertiary/aromatic N) is 3. The van der Waals surface area contributed by atoms with Crippen molar-refractivity contribution in [2.75, 3.05) is 7.11 Å². The molecule has 0 spiro atoms. The first kappa shape index (κ1) is 17.8. The van der Waals surface area contributed by atoms with Gasteiger partial charge in [0.1, 0.15) is 4.88 Å². The number of ether oxygens (including phenoxy) is 1. The van der Waals surface area contributed by atoms with E-state index >= 15 is 0 Å². The molecule has 0 atom stereocenters. The maximum absolute atomic E-state index is 12.3. The van der Waals surface area contributed by atoms with Crippen LogP contribution in [0.3, 0.4) is 0 Å². The van der Waals surface area contributed by atoms with Gasteiger partial charge in [-0.1, -0.05) is 12.8 Å². The zero-order valence-corrected chi connectivity index (χ0v) is 16.2. The Hall–Kier alpha value is -2.61. The fourth-order valence-corrected chi connectivity index (χ4v) is 4.35. The summed E-state index contributed by atoms with van der Waals surface area (Å²) in [4.78, 5) is 21.5. The van der Waals surface area contributed by atoms with E-state index in [1.165, 1.54) is 24.2 Å². The molecular formula is C19H22N4O3S. The first-order chi connectivity index (χ1) is 13.1. The van der Waals surface area contributed by atoms with Gasteiger partial charge in [0, 0.05) is 24.3 Å². The van der Waals surface area contributed by atoms with Gasteiger partial charge >= 0.3 is 0 Å². The van der Waals surface area contributed by atoms with Crippen LogP contribution in [-0.4, -0.2) is 32.7 Å². The maximum Gasteiger partial charge on any atom is 0.263 e. The van der Waals surface area contributed by atoms with E-state index in [0.717, 1.165) is 23.4 Å². The predicted octanol–water partition coefficient (Wildman–Crippen LogP) is 3.56. The molecule has 3 aromatic rings. The molecule has 27 heavy (non-hydrogen) atoms. The van der Waals surface area contributed by atoms with Crippen molar-refractivity contribution in [2.24, 2.45) is 0 Å². The molecule has 2 N–H and O–H groups in total. The summed E-state index contributed by atoms with van der Waals surface area (Å²) in [5, 5.41) is 15.1. The number of methoxy groups -OCH3 is 1. The highest BCUT2D eigenvalue weighted by molar-refractivity contribution is 7.13. The molecule has 1 saturated carbocycles. The summed E-state index contributed by atoms with van der Waals surface area (Å²) in [5.41, 5.74) is 1.42. The largest absolute Gasteiger partial charge is 0.494 e. The summed E-state index contributed by atoms with van der Waals surface area (Å²) >= 11 is 1.35. The van der Waals surface area contributed by atoms with E-state index in [9.17, 15) is 9.90 Å². The van der Waals surface area contributed by atoms with Crippen molar-refractivity contribution in [3.8, 4) is 11.8 Å². The summed E-state index contributed by atoms with van der Waals surface area (Å²) < 4.78 is 7.33. The van der Waals surface area contributed by atoms with Gasteiger partial charge in [-0.05, 0) is 25.8 Å². The molecule has 0 aliphatic heterocycles.